The molecular weight excluding hydrogens is 488 g/mol. The molecule has 1 atom stereocenters. The molecule has 0 spiro atoms. The van der Waals surface area contributed by atoms with Gasteiger partial charge in [-0.3, -0.25) is 9.10 Å². The number of carbonyl (C=O) groups is 1. The summed E-state index contributed by atoms with van der Waals surface area (Å²) in [6, 6.07) is 25.2. The summed E-state index contributed by atoms with van der Waals surface area (Å²) in [5.41, 5.74) is 1.64. The lowest BCUT2D eigenvalue weighted by atomic mass is 9.97. The van der Waals surface area contributed by atoms with Crippen molar-refractivity contribution >= 4 is 37.5 Å². The van der Waals surface area contributed by atoms with E-state index in [1.54, 1.807) is 36.4 Å². The van der Waals surface area contributed by atoms with Gasteiger partial charge in [0.15, 0.2) is 0 Å². The molecule has 0 aliphatic heterocycles. The Kier molecular flexibility index (Phi) is 8.47. The maximum atomic E-state index is 13.3. The minimum atomic E-state index is -3.91. The minimum absolute atomic E-state index is 0.142. The van der Waals surface area contributed by atoms with Gasteiger partial charge in [-0.05, 0) is 48.2 Å². The zero-order chi connectivity index (χ0) is 23.0. The van der Waals surface area contributed by atoms with Gasteiger partial charge in [-0.2, -0.15) is 0 Å². The molecule has 7 heteroatoms. The fourth-order valence-electron chi connectivity index (χ4n) is 3.42. The fourth-order valence-corrected chi connectivity index (χ4v) is 5.24. The van der Waals surface area contributed by atoms with Crippen molar-refractivity contribution < 1.29 is 13.2 Å². The van der Waals surface area contributed by atoms with Crippen molar-refractivity contribution in [3.63, 3.8) is 0 Å². The first-order valence-electron chi connectivity index (χ1n) is 10.5. The van der Waals surface area contributed by atoms with Crippen LogP contribution in [0.3, 0.4) is 0 Å². The number of nitrogens with zero attached hydrogens (tertiary/aromatic N) is 1. The summed E-state index contributed by atoms with van der Waals surface area (Å²) in [6.07, 6.45) is 1.77. The lowest BCUT2D eigenvalue weighted by Gasteiger charge is -2.25. The summed E-state index contributed by atoms with van der Waals surface area (Å²) in [7, 11) is -3.91. The van der Waals surface area contributed by atoms with E-state index in [1.807, 2.05) is 24.3 Å². The minimum Gasteiger partial charge on any atom is -0.354 e. The van der Waals surface area contributed by atoms with Crippen molar-refractivity contribution in [1.82, 2.24) is 5.32 Å². The van der Waals surface area contributed by atoms with Crippen molar-refractivity contribution in [3.8, 4) is 0 Å². The fraction of sp³-hybridized carbons (Fsp3) is 0.240. The average molecular weight is 515 g/mol. The Hall–Kier alpha value is -2.64. The molecule has 0 radical (unpaired) electrons. The van der Waals surface area contributed by atoms with Crippen LogP contribution in [0.5, 0.6) is 0 Å². The predicted octanol–water partition coefficient (Wildman–Crippen LogP) is 5.03. The van der Waals surface area contributed by atoms with E-state index in [0.29, 0.717) is 12.2 Å². The van der Waals surface area contributed by atoms with E-state index in [4.69, 9.17) is 0 Å². The van der Waals surface area contributed by atoms with Gasteiger partial charge in [-0.25, -0.2) is 8.42 Å². The number of rotatable bonds is 10. The Morgan fingerprint density at radius 2 is 1.62 bits per heavy atom. The SMILES string of the molecule is CCC(CNC(=O)CN(c1cccc(Br)c1)S(=O)(=O)c1ccccc1)Cc1ccccc1. The van der Waals surface area contributed by atoms with Gasteiger partial charge in [0.1, 0.15) is 6.54 Å². The first-order chi connectivity index (χ1) is 15.4. The van der Waals surface area contributed by atoms with Crippen LogP contribution in [0.4, 0.5) is 5.69 Å². The van der Waals surface area contributed by atoms with E-state index >= 15 is 0 Å². The van der Waals surface area contributed by atoms with E-state index in [0.717, 1.165) is 21.6 Å². The molecule has 0 aliphatic carbocycles. The van der Waals surface area contributed by atoms with Crippen LogP contribution in [0, 0.1) is 5.92 Å². The zero-order valence-corrected chi connectivity index (χ0v) is 20.3. The number of nitrogens with one attached hydrogen (secondary N) is 1. The third-order valence-electron chi connectivity index (χ3n) is 5.25. The predicted molar refractivity (Wildman–Crippen MR) is 132 cm³/mol. The van der Waals surface area contributed by atoms with Crippen LogP contribution in [0.1, 0.15) is 18.9 Å². The van der Waals surface area contributed by atoms with Crippen molar-refractivity contribution in [2.75, 3.05) is 17.4 Å². The Morgan fingerprint density at radius 3 is 2.25 bits per heavy atom. The van der Waals surface area contributed by atoms with Crippen molar-refractivity contribution in [1.29, 1.82) is 0 Å². The van der Waals surface area contributed by atoms with Gasteiger partial charge < -0.3 is 5.32 Å². The zero-order valence-electron chi connectivity index (χ0n) is 17.9. The number of halogens is 1. The second kappa shape index (κ2) is 11.3. The highest BCUT2D eigenvalue weighted by atomic mass is 79.9. The van der Waals surface area contributed by atoms with E-state index in [9.17, 15) is 13.2 Å². The molecule has 0 heterocycles. The monoisotopic (exact) mass is 514 g/mol. The van der Waals surface area contributed by atoms with Crippen LogP contribution >= 0.6 is 15.9 Å². The molecule has 3 rings (SSSR count). The molecule has 0 aromatic heterocycles. The Balaban J connectivity index is 1.75. The molecule has 1 amide bonds. The van der Waals surface area contributed by atoms with Gasteiger partial charge in [0.05, 0.1) is 10.6 Å². The third-order valence-corrected chi connectivity index (χ3v) is 7.53. The largest absolute Gasteiger partial charge is 0.354 e. The third kappa shape index (κ3) is 6.43. The molecule has 0 fully saturated rings. The number of benzene rings is 3. The van der Waals surface area contributed by atoms with Crippen molar-refractivity contribution in [2.45, 2.75) is 24.7 Å². The average Bonchev–Trinajstić information content (AvgIpc) is 2.81. The molecular formula is C25H27BrN2O3S. The van der Waals surface area contributed by atoms with Crippen LogP contribution in [0.2, 0.25) is 0 Å². The summed E-state index contributed by atoms with van der Waals surface area (Å²) >= 11 is 3.39. The first-order valence-corrected chi connectivity index (χ1v) is 12.8. The van der Waals surface area contributed by atoms with Gasteiger partial charge >= 0.3 is 0 Å². The van der Waals surface area contributed by atoms with E-state index in [1.165, 1.54) is 17.7 Å². The Labute approximate surface area is 198 Å². The van der Waals surface area contributed by atoms with Crippen LogP contribution in [0.15, 0.2) is 94.3 Å². The van der Waals surface area contributed by atoms with Gasteiger partial charge in [0.2, 0.25) is 5.91 Å². The highest BCUT2D eigenvalue weighted by molar-refractivity contribution is 9.10. The number of sulfonamides is 1. The molecule has 5 nitrogen and oxygen atoms in total. The quantitative estimate of drug-likeness (QED) is 0.412. The number of amides is 1. The molecule has 0 saturated carbocycles. The lowest BCUT2D eigenvalue weighted by molar-refractivity contribution is -0.119. The molecule has 0 aliphatic rings. The summed E-state index contributed by atoms with van der Waals surface area (Å²) < 4.78 is 28.6. The van der Waals surface area contributed by atoms with E-state index in [2.05, 4.69) is 40.3 Å². The molecule has 0 saturated heterocycles. The van der Waals surface area contributed by atoms with Gasteiger partial charge in [0, 0.05) is 11.0 Å². The number of hydrogen-bond acceptors (Lipinski definition) is 3. The summed E-state index contributed by atoms with van der Waals surface area (Å²) in [5, 5.41) is 2.94. The lowest BCUT2D eigenvalue weighted by Crippen LogP contribution is -2.42. The molecule has 1 N–H and O–H groups in total. The van der Waals surface area contributed by atoms with Crippen LogP contribution < -0.4 is 9.62 Å². The second-order valence-electron chi connectivity index (χ2n) is 7.57. The molecule has 0 bridgehead atoms. The second-order valence-corrected chi connectivity index (χ2v) is 10.4. The number of carbonyl (C=O) groups excluding carboxylic acids is 1. The molecule has 32 heavy (non-hydrogen) atoms. The summed E-state index contributed by atoms with van der Waals surface area (Å²) in [4.78, 5) is 13.0. The van der Waals surface area contributed by atoms with Crippen LogP contribution in [-0.4, -0.2) is 27.4 Å². The van der Waals surface area contributed by atoms with E-state index < -0.39 is 10.0 Å². The molecule has 1 unspecified atom stereocenters. The van der Waals surface area contributed by atoms with E-state index in [-0.39, 0.29) is 23.3 Å². The van der Waals surface area contributed by atoms with Crippen molar-refractivity contribution in [2.24, 2.45) is 5.92 Å². The summed E-state index contributed by atoms with van der Waals surface area (Å²) in [5.74, 6) is -0.0672. The highest BCUT2D eigenvalue weighted by Crippen LogP contribution is 2.26. The standard InChI is InChI=1S/C25H27BrN2O3S/c1-2-20(16-21-10-5-3-6-11-21)18-27-25(29)19-28(23-13-9-12-22(26)17-23)32(30,31)24-14-7-4-8-15-24/h3-15,17,20H,2,16,18-19H2,1H3,(H,27,29). The Morgan fingerprint density at radius 1 is 0.969 bits per heavy atom. The summed E-state index contributed by atoms with van der Waals surface area (Å²) in [6.45, 7) is 2.28. The van der Waals surface area contributed by atoms with Crippen LogP contribution in [-0.2, 0) is 21.2 Å². The maximum absolute atomic E-state index is 13.3. The smallest absolute Gasteiger partial charge is 0.264 e. The topological polar surface area (TPSA) is 66.5 Å². The highest BCUT2D eigenvalue weighted by Gasteiger charge is 2.27. The first kappa shape index (κ1) is 24.0. The van der Waals surface area contributed by atoms with Crippen LogP contribution in [0.25, 0.3) is 0 Å². The van der Waals surface area contributed by atoms with Gasteiger partial charge in [0.25, 0.3) is 10.0 Å². The Bertz CT molecular complexity index is 1120. The number of hydrogen-bond donors (Lipinski definition) is 1. The van der Waals surface area contributed by atoms with Crippen molar-refractivity contribution in [3.05, 3.63) is 95.0 Å². The maximum Gasteiger partial charge on any atom is 0.264 e. The number of anilines is 1. The normalized spacial score (nSPS) is 12.2. The molecule has 3 aromatic rings. The molecule has 168 valence electrons. The molecule has 3 aromatic carbocycles. The van der Waals surface area contributed by atoms with Gasteiger partial charge in [-0.1, -0.05) is 83.9 Å². The van der Waals surface area contributed by atoms with Gasteiger partial charge in [-0.15, -0.1) is 0 Å².